The van der Waals surface area contributed by atoms with Gasteiger partial charge in [-0.05, 0) is 38.3 Å². The predicted octanol–water partition coefficient (Wildman–Crippen LogP) is 1.79. The second-order valence-corrected chi connectivity index (χ2v) is 6.63. The molecule has 3 rings (SSSR count). The molecule has 0 aliphatic carbocycles. The van der Waals surface area contributed by atoms with Crippen molar-refractivity contribution in [3.05, 3.63) is 33.9 Å². The Morgan fingerprint density at radius 1 is 1.30 bits per heavy atom. The molecule has 0 spiro atoms. The molecule has 1 aromatic rings. The molecule has 0 radical (unpaired) electrons. The van der Waals surface area contributed by atoms with Gasteiger partial charge in [0.05, 0.1) is 10.5 Å². The van der Waals surface area contributed by atoms with Crippen LogP contribution in [0.4, 0.5) is 11.4 Å². The van der Waals surface area contributed by atoms with Crippen molar-refractivity contribution in [1.82, 2.24) is 4.90 Å². The van der Waals surface area contributed by atoms with Crippen LogP contribution in [0.1, 0.15) is 36.5 Å². The monoisotopic (exact) mass is 319 g/mol. The molecule has 1 amide bonds. The molecule has 0 aromatic heterocycles. The number of hydrogen-bond acceptors (Lipinski definition) is 5. The molecule has 2 fully saturated rings. The summed E-state index contributed by atoms with van der Waals surface area (Å²) in [5.41, 5.74) is -0.0329. The Labute approximate surface area is 134 Å². The fourth-order valence-corrected chi connectivity index (χ4v) is 3.31. The molecule has 2 heterocycles. The van der Waals surface area contributed by atoms with Crippen molar-refractivity contribution in [3.63, 3.8) is 0 Å². The molecular weight excluding hydrogens is 298 g/mol. The number of aliphatic hydroxyl groups is 1. The number of carbonyl (C=O) groups is 1. The van der Waals surface area contributed by atoms with Crippen LogP contribution in [-0.2, 0) is 0 Å². The highest BCUT2D eigenvalue weighted by Crippen LogP contribution is 2.31. The standard InChI is InChI=1S/C16H21N3O4/c1-16(21)6-9-18(11-16)12-4-5-14(19(22)23)13(10-12)15(20)17-7-2-3-8-17/h4-5,10,21H,2-3,6-9,11H2,1H3. The van der Waals surface area contributed by atoms with Gasteiger partial charge in [0.2, 0.25) is 0 Å². The fraction of sp³-hybridized carbons (Fsp3) is 0.562. The molecule has 23 heavy (non-hydrogen) atoms. The second kappa shape index (κ2) is 5.81. The summed E-state index contributed by atoms with van der Waals surface area (Å²) in [6.45, 7) is 4.20. The largest absolute Gasteiger partial charge is 0.388 e. The van der Waals surface area contributed by atoms with Gasteiger partial charge in [-0.2, -0.15) is 0 Å². The number of rotatable bonds is 3. The molecule has 1 N–H and O–H groups in total. The molecule has 2 aliphatic heterocycles. The van der Waals surface area contributed by atoms with Crippen molar-refractivity contribution in [2.75, 3.05) is 31.1 Å². The maximum absolute atomic E-state index is 12.6. The van der Waals surface area contributed by atoms with Gasteiger partial charge in [0.1, 0.15) is 5.56 Å². The van der Waals surface area contributed by atoms with Crippen LogP contribution in [0, 0.1) is 10.1 Å². The van der Waals surface area contributed by atoms with Crippen LogP contribution in [0.25, 0.3) is 0 Å². The SMILES string of the molecule is CC1(O)CCN(c2ccc([N+](=O)[O-])c(C(=O)N3CCCC3)c2)C1. The summed E-state index contributed by atoms with van der Waals surface area (Å²) in [4.78, 5) is 27.0. The van der Waals surface area contributed by atoms with Crippen LogP contribution in [0.3, 0.4) is 0 Å². The third-order valence-corrected chi connectivity index (χ3v) is 4.62. The number of nitrogens with zero attached hydrogens (tertiary/aromatic N) is 3. The molecule has 0 saturated carbocycles. The zero-order valence-electron chi connectivity index (χ0n) is 13.2. The molecule has 124 valence electrons. The number of nitro groups is 1. The van der Waals surface area contributed by atoms with Crippen molar-refractivity contribution in [3.8, 4) is 0 Å². The summed E-state index contributed by atoms with van der Waals surface area (Å²) in [5, 5.41) is 21.4. The minimum Gasteiger partial charge on any atom is -0.388 e. The Morgan fingerprint density at radius 2 is 2.00 bits per heavy atom. The number of benzene rings is 1. The molecular formula is C16H21N3O4. The van der Waals surface area contributed by atoms with Gasteiger partial charge < -0.3 is 14.9 Å². The number of likely N-dealkylation sites (tertiary alicyclic amines) is 1. The van der Waals surface area contributed by atoms with Crippen LogP contribution >= 0.6 is 0 Å². The lowest BCUT2D eigenvalue weighted by Gasteiger charge is -2.22. The predicted molar refractivity (Wildman–Crippen MR) is 85.7 cm³/mol. The average Bonchev–Trinajstić information content (AvgIpc) is 3.15. The summed E-state index contributed by atoms with van der Waals surface area (Å²) in [7, 11) is 0. The normalized spacial score (nSPS) is 24.3. The van der Waals surface area contributed by atoms with Crippen LogP contribution in [0.5, 0.6) is 0 Å². The molecule has 1 unspecified atom stereocenters. The Kier molecular flexibility index (Phi) is 3.97. The Balaban J connectivity index is 1.93. The molecule has 1 atom stereocenters. The van der Waals surface area contributed by atoms with Gasteiger partial charge in [-0.15, -0.1) is 0 Å². The van der Waals surface area contributed by atoms with Gasteiger partial charge in [0.15, 0.2) is 0 Å². The number of β-amino-alcohol motifs (C(OH)–C–C–N with tert-alkyl or cyclic N) is 1. The first-order valence-corrected chi connectivity index (χ1v) is 7.92. The summed E-state index contributed by atoms with van der Waals surface area (Å²) in [6, 6.07) is 4.64. The van der Waals surface area contributed by atoms with Crippen molar-refractivity contribution in [2.45, 2.75) is 31.8 Å². The first kappa shape index (κ1) is 15.7. The van der Waals surface area contributed by atoms with Crippen LogP contribution in [-0.4, -0.2) is 52.6 Å². The lowest BCUT2D eigenvalue weighted by Crippen LogP contribution is -2.30. The Hall–Kier alpha value is -2.15. The van der Waals surface area contributed by atoms with E-state index in [2.05, 4.69) is 0 Å². The maximum Gasteiger partial charge on any atom is 0.282 e. The smallest absolute Gasteiger partial charge is 0.282 e. The molecule has 7 heteroatoms. The first-order valence-electron chi connectivity index (χ1n) is 7.92. The van der Waals surface area contributed by atoms with Crippen molar-refractivity contribution < 1.29 is 14.8 Å². The van der Waals surface area contributed by atoms with E-state index in [4.69, 9.17) is 0 Å². The van der Waals surface area contributed by atoms with E-state index in [9.17, 15) is 20.0 Å². The van der Waals surface area contributed by atoms with E-state index < -0.39 is 10.5 Å². The van der Waals surface area contributed by atoms with E-state index in [1.807, 2.05) is 4.90 Å². The zero-order chi connectivity index (χ0) is 16.6. The maximum atomic E-state index is 12.6. The van der Waals surface area contributed by atoms with Gasteiger partial charge in [-0.3, -0.25) is 14.9 Å². The topological polar surface area (TPSA) is 86.9 Å². The van der Waals surface area contributed by atoms with Gasteiger partial charge in [0.25, 0.3) is 11.6 Å². The van der Waals surface area contributed by atoms with Crippen molar-refractivity contribution in [2.24, 2.45) is 0 Å². The van der Waals surface area contributed by atoms with Crippen LogP contribution in [0.15, 0.2) is 18.2 Å². The summed E-state index contributed by atoms with van der Waals surface area (Å²) < 4.78 is 0. The minimum atomic E-state index is -0.763. The van der Waals surface area contributed by atoms with Crippen LogP contribution < -0.4 is 4.90 Å². The highest BCUT2D eigenvalue weighted by molar-refractivity contribution is 5.99. The third-order valence-electron chi connectivity index (χ3n) is 4.62. The quantitative estimate of drug-likeness (QED) is 0.678. The number of hydrogen-bond donors (Lipinski definition) is 1. The van der Waals surface area contributed by atoms with Gasteiger partial charge >= 0.3 is 0 Å². The number of nitro benzene ring substituents is 1. The Bertz CT molecular complexity index is 638. The van der Waals surface area contributed by atoms with E-state index in [-0.39, 0.29) is 17.2 Å². The average molecular weight is 319 g/mol. The van der Waals surface area contributed by atoms with E-state index in [1.54, 1.807) is 24.0 Å². The third kappa shape index (κ3) is 3.14. The Morgan fingerprint density at radius 3 is 2.57 bits per heavy atom. The number of amides is 1. The minimum absolute atomic E-state index is 0.140. The zero-order valence-corrected chi connectivity index (χ0v) is 13.2. The summed E-state index contributed by atoms with van der Waals surface area (Å²) in [6.07, 6.45) is 2.52. The van der Waals surface area contributed by atoms with Gasteiger partial charge in [-0.1, -0.05) is 0 Å². The van der Waals surface area contributed by atoms with Crippen molar-refractivity contribution >= 4 is 17.3 Å². The van der Waals surface area contributed by atoms with Gasteiger partial charge in [0, 0.05) is 37.9 Å². The lowest BCUT2D eigenvalue weighted by atomic mass is 10.1. The van der Waals surface area contributed by atoms with E-state index >= 15 is 0 Å². The molecule has 0 bridgehead atoms. The van der Waals surface area contributed by atoms with Gasteiger partial charge in [-0.25, -0.2) is 0 Å². The van der Waals surface area contributed by atoms with Crippen molar-refractivity contribution in [1.29, 1.82) is 0 Å². The molecule has 1 aromatic carbocycles. The first-order chi connectivity index (χ1) is 10.9. The molecule has 7 nitrogen and oxygen atoms in total. The van der Waals surface area contributed by atoms with E-state index in [1.165, 1.54) is 6.07 Å². The van der Waals surface area contributed by atoms with E-state index in [0.717, 1.165) is 18.5 Å². The molecule has 2 aliphatic rings. The van der Waals surface area contributed by atoms with E-state index in [0.29, 0.717) is 32.6 Å². The highest BCUT2D eigenvalue weighted by Gasteiger charge is 2.33. The summed E-state index contributed by atoms with van der Waals surface area (Å²) >= 11 is 0. The number of carbonyl (C=O) groups excluding carboxylic acids is 1. The number of anilines is 1. The second-order valence-electron chi connectivity index (χ2n) is 6.63. The highest BCUT2D eigenvalue weighted by atomic mass is 16.6. The van der Waals surface area contributed by atoms with Crippen LogP contribution in [0.2, 0.25) is 0 Å². The molecule has 2 saturated heterocycles. The fourth-order valence-electron chi connectivity index (χ4n) is 3.31. The lowest BCUT2D eigenvalue weighted by molar-refractivity contribution is -0.385. The summed E-state index contributed by atoms with van der Waals surface area (Å²) in [5.74, 6) is -0.276.